The van der Waals surface area contributed by atoms with Gasteiger partial charge in [0.2, 0.25) is 0 Å². The van der Waals surface area contributed by atoms with Crippen LogP contribution in [0.5, 0.6) is 0 Å². The standard InChI is InChI=1S/C18H21NO4/c20-17(22-12-6-11-19-9-4-1-5-10-19)15-13-14-7-2-3-8-16(14)23-18(15)21/h2-3,7-8,13H,1,4-6,9-12H2. The Balaban J connectivity index is 1.55. The van der Waals surface area contributed by atoms with E-state index in [0.29, 0.717) is 17.6 Å². The van der Waals surface area contributed by atoms with E-state index in [4.69, 9.17) is 9.15 Å². The summed E-state index contributed by atoms with van der Waals surface area (Å²) in [7, 11) is 0. The Morgan fingerprint density at radius 1 is 1.17 bits per heavy atom. The van der Waals surface area contributed by atoms with E-state index in [-0.39, 0.29) is 5.56 Å². The first-order valence-electron chi connectivity index (χ1n) is 8.16. The molecule has 2 aromatic rings. The number of piperidine rings is 1. The van der Waals surface area contributed by atoms with Gasteiger partial charge in [0, 0.05) is 11.9 Å². The van der Waals surface area contributed by atoms with Gasteiger partial charge in [-0.25, -0.2) is 9.59 Å². The van der Waals surface area contributed by atoms with Gasteiger partial charge in [0.05, 0.1) is 6.61 Å². The summed E-state index contributed by atoms with van der Waals surface area (Å²) in [4.78, 5) is 26.3. The summed E-state index contributed by atoms with van der Waals surface area (Å²) in [6.45, 7) is 3.51. The van der Waals surface area contributed by atoms with Gasteiger partial charge >= 0.3 is 11.6 Å². The lowest BCUT2D eigenvalue weighted by molar-refractivity contribution is 0.0481. The third-order valence-electron chi connectivity index (χ3n) is 4.16. The van der Waals surface area contributed by atoms with Crippen LogP contribution >= 0.6 is 0 Å². The van der Waals surface area contributed by atoms with Gasteiger partial charge in [0.25, 0.3) is 0 Å². The number of likely N-dealkylation sites (tertiary alicyclic amines) is 1. The molecule has 0 saturated carbocycles. The predicted molar refractivity (Wildman–Crippen MR) is 87.7 cm³/mol. The van der Waals surface area contributed by atoms with Gasteiger partial charge in [-0.2, -0.15) is 0 Å². The van der Waals surface area contributed by atoms with Crippen LogP contribution in [0.15, 0.2) is 39.5 Å². The van der Waals surface area contributed by atoms with Crippen LogP contribution in [0, 0.1) is 0 Å². The van der Waals surface area contributed by atoms with Gasteiger partial charge in [-0.15, -0.1) is 0 Å². The van der Waals surface area contributed by atoms with Gasteiger partial charge in [0.15, 0.2) is 0 Å². The van der Waals surface area contributed by atoms with Crippen LogP contribution in [0.2, 0.25) is 0 Å². The average molecular weight is 315 g/mol. The Bertz CT molecular complexity index is 731. The molecule has 0 amide bonds. The fraction of sp³-hybridized carbons (Fsp3) is 0.444. The van der Waals surface area contributed by atoms with E-state index in [1.165, 1.54) is 25.3 Å². The maximum Gasteiger partial charge on any atom is 0.351 e. The minimum absolute atomic E-state index is 0.0401. The topological polar surface area (TPSA) is 59.8 Å². The highest BCUT2D eigenvalue weighted by atomic mass is 16.5. The first kappa shape index (κ1) is 15.7. The molecule has 0 atom stereocenters. The van der Waals surface area contributed by atoms with E-state index in [1.54, 1.807) is 18.2 Å². The quantitative estimate of drug-likeness (QED) is 0.482. The molecule has 0 radical (unpaired) electrons. The summed E-state index contributed by atoms with van der Waals surface area (Å²) in [6.07, 6.45) is 4.59. The summed E-state index contributed by atoms with van der Waals surface area (Å²) >= 11 is 0. The van der Waals surface area contributed by atoms with Crippen molar-refractivity contribution < 1.29 is 13.9 Å². The number of benzene rings is 1. The molecule has 1 aromatic heterocycles. The van der Waals surface area contributed by atoms with Crippen LogP contribution < -0.4 is 5.63 Å². The van der Waals surface area contributed by atoms with Crippen LogP contribution in [-0.4, -0.2) is 37.1 Å². The molecule has 5 heteroatoms. The highest BCUT2D eigenvalue weighted by Crippen LogP contribution is 2.13. The molecule has 122 valence electrons. The molecule has 0 spiro atoms. The van der Waals surface area contributed by atoms with Crippen molar-refractivity contribution >= 4 is 16.9 Å². The first-order valence-corrected chi connectivity index (χ1v) is 8.16. The molecule has 1 aliphatic heterocycles. The van der Waals surface area contributed by atoms with Gasteiger partial charge in [-0.3, -0.25) is 0 Å². The molecule has 1 saturated heterocycles. The molecule has 23 heavy (non-hydrogen) atoms. The Morgan fingerprint density at radius 3 is 2.78 bits per heavy atom. The number of para-hydroxylation sites is 1. The number of ether oxygens (including phenoxy) is 1. The van der Waals surface area contributed by atoms with Crippen molar-refractivity contribution in [3.8, 4) is 0 Å². The van der Waals surface area contributed by atoms with E-state index in [2.05, 4.69) is 4.90 Å². The van der Waals surface area contributed by atoms with Crippen molar-refractivity contribution in [3.63, 3.8) is 0 Å². The highest BCUT2D eigenvalue weighted by molar-refractivity contribution is 5.92. The third kappa shape index (κ3) is 3.99. The smallest absolute Gasteiger partial charge is 0.351 e. The third-order valence-corrected chi connectivity index (χ3v) is 4.16. The Kier molecular flexibility index (Phi) is 5.08. The van der Waals surface area contributed by atoms with E-state index < -0.39 is 11.6 Å². The molecule has 0 aliphatic carbocycles. The fourth-order valence-electron chi connectivity index (χ4n) is 2.92. The van der Waals surface area contributed by atoms with Crippen LogP contribution in [0.3, 0.4) is 0 Å². The number of carbonyl (C=O) groups is 1. The van der Waals surface area contributed by atoms with Crippen molar-refractivity contribution in [1.82, 2.24) is 4.90 Å². The molecule has 1 aliphatic rings. The number of hydrogen-bond donors (Lipinski definition) is 0. The summed E-state index contributed by atoms with van der Waals surface area (Å²) in [6, 6.07) is 8.64. The van der Waals surface area contributed by atoms with E-state index in [1.807, 2.05) is 6.07 Å². The zero-order valence-corrected chi connectivity index (χ0v) is 13.1. The maximum atomic E-state index is 12.1. The summed E-state index contributed by atoms with van der Waals surface area (Å²) in [5, 5.41) is 0.715. The Morgan fingerprint density at radius 2 is 1.96 bits per heavy atom. The van der Waals surface area contributed by atoms with Crippen molar-refractivity contribution in [2.24, 2.45) is 0 Å². The number of hydrogen-bond acceptors (Lipinski definition) is 5. The minimum Gasteiger partial charge on any atom is -0.462 e. The molecule has 1 fully saturated rings. The average Bonchev–Trinajstić information content (AvgIpc) is 2.59. The minimum atomic E-state index is -0.648. The maximum absolute atomic E-state index is 12.1. The summed E-state index contributed by atoms with van der Waals surface area (Å²) in [5.74, 6) is -0.608. The van der Waals surface area contributed by atoms with Gasteiger partial charge in [0.1, 0.15) is 11.1 Å². The lowest BCUT2D eigenvalue weighted by Gasteiger charge is -2.26. The summed E-state index contributed by atoms with van der Waals surface area (Å²) in [5.41, 5.74) is -0.217. The van der Waals surface area contributed by atoms with Gasteiger partial charge in [-0.05, 0) is 44.5 Å². The second kappa shape index (κ2) is 7.42. The molecular formula is C18H21NO4. The Hall–Kier alpha value is -2.14. The van der Waals surface area contributed by atoms with Crippen LogP contribution in [-0.2, 0) is 4.74 Å². The van der Waals surface area contributed by atoms with Crippen LogP contribution in [0.1, 0.15) is 36.0 Å². The van der Waals surface area contributed by atoms with Gasteiger partial charge in [-0.1, -0.05) is 24.6 Å². The molecule has 0 bridgehead atoms. The lowest BCUT2D eigenvalue weighted by Crippen LogP contribution is -2.31. The predicted octanol–water partition coefficient (Wildman–Crippen LogP) is 2.83. The molecular weight excluding hydrogens is 294 g/mol. The number of nitrogens with zero attached hydrogens (tertiary/aromatic N) is 1. The number of rotatable bonds is 5. The lowest BCUT2D eigenvalue weighted by atomic mass is 10.1. The van der Waals surface area contributed by atoms with Crippen molar-refractivity contribution in [2.75, 3.05) is 26.2 Å². The largest absolute Gasteiger partial charge is 0.462 e. The molecule has 3 rings (SSSR count). The van der Waals surface area contributed by atoms with Crippen LogP contribution in [0.4, 0.5) is 0 Å². The molecule has 5 nitrogen and oxygen atoms in total. The highest BCUT2D eigenvalue weighted by Gasteiger charge is 2.15. The van der Waals surface area contributed by atoms with E-state index in [9.17, 15) is 9.59 Å². The van der Waals surface area contributed by atoms with Crippen LogP contribution in [0.25, 0.3) is 11.0 Å². The number of esters is 1. The zero-order chi connectivity index (χ0) is 16.1. The number of fused-ring (bicyclic) bond motifs is 1. The monoisotopic (exact) mass is 315 g/mol. The SMILES string of the molecule is O=C(OCCCN1CCCCC1)c1cc2ccccc2oc1=O. The molecule has 0 unspecified atom stereocenters. The zero-order valence-electron chi connectivity index (χ0n) is 13.1. The molecule has 0 N–H and O–H groups in total. The Labute approximate surface area is 134 Å². The van der Waals surface area contributed by atoms with Crippen molar-refractivity contribution in [3.05, 3.63) is 46.3 Å². The van der Waals surface area contributed by atoms with Gasteiger partial charge < -0.3 is 14.1 Å². The van der Waals surface area contributed by atoms with E-state index >= 15 is 0 Å². The number of carbonyl (C=O) groups excluding carboxylic acids is 1. The van der Waals surface area contributed by atoms with Crippen molar-refractivity contribution in [2.45, 2.75) is 25.7 Å². The second-order valence-corrected chi connectivity index (χ2v) is 5.88. The fourth-order valence-corrected chi connectivity index (χ4v) is 2.92. The first-order chi connectivity index (χ1) is 11.2. The molecule has 2 heterocycles. The van der Waals surface area contributed by atoms with Crippen molar-refractivity contribution in [1.29, 1.82) is 0 Å². The van der Waals surface area contributed by atoms with E-state index in [0.717, 1.165) is 26.1 Å². The molecule has 1 aromatic carbocycles. The summed E-state index contributed by atoms with van der Waals surface area (Å²) < 4.78 is 10.4. The normalized spacial score (nSPS) is 15.7. The second-order valence-electron chi connectivity index (χ2n) is 5.88.